The monoisotopic (exact) mass is 212 g/mol. The predicted molar refractivity (Wildman–Crippen MR) is 48.8 cm³/mol. The minimum atomic E-state index is 0. The first-order valence-corrected chi connectivity index (χ1v) is 3.79. The normalized spacial score (nSPS) is 8.10. The molecule has 0 unspecified atom stereocenters. The van der Waals surface area contributed by atoms with E-state index in [0.717, 1.165) is 5.75 Å². The molecule has 0 aliphatic carbocycles. The first-order chi connectivity index (χ1) is 4.43. The van der Waals surface area contributed by atoms with Crippen LogP contribution in [0.25, 0.3) is 0 Å². The van der Waals surface area contributed by atoms with Crippen molar-refractivity contribution in [2.75, 3.05) is 5.52 Å². The molecule has 0 saturated carbocycles. The van der Waals surface area contributed by atoms with Crippen LogP contribution in [0.5, 0.6) is 5.75 Å². The Labute approximate surface area is 88.0 Å². The molecule has 10 heavy (non-hydrogen) atoms. The summed E-state index contributed by atoms with van der Waals surface area (Å²) in [4.78, 5) is 0. The summed E-state index contributed by atoms with van der Waals surface area (Å²) in [5.74, 6) is 0.898. The van der Waals surface area contributed by atoms with Gasteiger partial charge in [-0.15, -0.1) is 0 Å². The molecule has 0 saturated heterocycles. The first-order valence-electron chi connectivity index (χ1n) is 2.67. The van der Waals surface area contributed by atoms with Crippen LogP contribution in [0.15, 0.2) is 30.3 Å². The zero-order chi connectivity index (χ0) is 6.53. The van der Waals surface area contributed by atoms with Gasteiger partial charge in [-0.25, -0.2) is 0 Å². The number of hydrogen-bond donors (Lipinski definition) is 0. The third kappa shape index (κ3) is 3.44. The van der Waals surface area contributed by atoms with Crippen molar-refractivity contribution in [1.82, 2.24) is 0 Å². The molecule has 0 bridgehead atoms. The van der Waals surface area contributed by atoms with Gasteiger partial charge in [0.25, 0.3) is 0 Å². The van der Waals surface area contributed by atoms with E-state index in [1.807, 2.05) is 30.3 Å². The minimum Gasteiger partial charge on any atom is -1.00 e. The van der Waals surface area contributed by atoms with E-state index in [2.05, 4.69) is 15.9 Å². The number of benzene rings is 1. The van der Waals surface area contributed by atoms with Crippen LogP contribution in [0.3, 0.4) is 0 Å². The van der Waals surface area contributed by atoms with Crippen molar-refractivity contribution in [2.24, 2.45) is 0 Å². The summed E-state index contributed by atoms with van der Waals surface area (Å²) in [7, 11) is 0. The van der Waals surface area contributed by atoms with Gasteiger partial charge in [0.2, 0.25) is 0 Å². The second kappa shape index (κ2) is 6.01. The summed E-state index contributed by atoms with van der Waals surface area (Å²) in [6, 6.07) is 9.68. The smallest absolute Gasteiger partial charge is 1.00 e. The summed E-state index contributed by atoms with van der Waals surface area (Å²) in [6.07, 6.45) is 0. The van der Waals surface area contributed by atoms with Gasteiger partial charge in [0, 0.05) is 0 Å². The van der Waals surface area contributed by atoms with Crippen LogP contribution in [0.2, 0.25) is 0 Å². The van der Waals surface area contributed by atoms with E-state index in [4.69, 9.17) is 4.74 Å². The molecule has 0 aliphatic rings. The van der Waals surface area contributed by atoms with Gasteiger partial charge < -0.3 is 7.59 Å². The van der Waals surface area contributed by atoms with Crippen LogP contribution in [0, 0.1) is 0 Å². The molecule has 0 fully saturated rings. The summed E-state index contributed by atoms with van der Waals surface area (Å²) in [5, 5.41) is 0. The predicted octanol–water partition coefficient (Wildman–Crippen LogP) is 2.26. The van der Waals surface area contributed by atoms with Crippen LogP contribution in [0.4, 0.5) is 0 Å². The second-order valence-electron chi connectivity index (χ2n) is 1.57. The third-order valence-corrected chi connectivity index (χ3v) is 1.19. The fraction of sp³-hybridized carbons (Fsp3) is 0.143. The zero-order valence-electron chi connectivity index (χ0n) is 7.59. The van der Waals surface area contributed by atoms with Crippen molar-refractivity contribution < 1.29 is 7.59 Å². The molecule has 1 rings (SSSR count). The maximum atomic E-state index is 5.12. The molecule has 0 amide bonds. The molecule has 1 aromatic rings. The Balaban J connectivity index is -0.000000270. The summed E-state index contributed by atoms with van der Waals surface area (Å²) in [6.45, 7) is 0. The van der Waals surface area contributed by atoms with Gasteiger partial charge in [0.05, 0.1) is 0 Å². The molecular formula is C7H9BrMgO. The van der Waals surface area contributed by atoms with Crippen LogP contribution in [0.1, 0.15) is 2.85 Å². The number of ether oxygens (including phenoxy) is 1. The Morgan fingerprint density at radius 2 is 1.90 bits per heavy atom. The van der Waals surface area contributed by atoms with E-state index in [-0.39, 0.29) is 25.9 Å². The maximum absolute atomic E-state index is 5.12. The van der Waals surface area contributed by atoms with Crippen molar-refractivity contribution in [3.05, 3.63) is 30.3 Å². The minimum absolute atomic E-state index is 0. The topological polar surface area (TPSA) is 9.23 Å². The molecule has 3 heteroatoms. The average Bonchev–Trinajstić information content (AvgIpc) is 1.91. The van der Waals surface area contributed by atoms with Crippen molar-refractivity contribution in [2.45, 2.75) is 0 Å². The van der Waals surface area contributed by atoms with Crippen LogP contribution in [-0.2, 0) is 0 Å². The van der Waals surface area contributed by atoms with Gasteiger partial charge in [0.1, 0.15) is 11.3 Å². The van der Waals surface area contributed by atoms with E-state index in [0.29, 0.717) is 5.52 Å². The SMILES string of the molecule is BrCOc1ccccc1.[H-].[H-].[Mg+2]. The summed E-state index contributed by atoms with van der Waals surface area (Å²) < 4.78 is 5.12. The quantitative estimate of drug-likeness (QED) is 0.541. The summed E-state index contributed by atoms with van der Waals surface area (Å²) in [5.41, 5.74) is 0.553. The molecular weight excluding hydrogens is 204 g/mol. The fourth-order valence-electron chi connectivity index (χ4n) is 0.580. The van der Waals surface area contributed by atoms with E-state index in [1.165, 1.54) is 0 Å². The standard InChI is InChI=1S/C7H7BrO.Mg.2H/c8-6-9-7-4-2-1-3-5-7;;;/h1-5H,6H2;;;/q;+2;2*-1. The van der Waals surface area contributed by atoms with Crippen LogP contribution < -0.4 is 4.74 Å². The second-order valence-corrected chi connectivity index (χ2v) is 2.02. The van der Waals surface area contributed by atoms with Gasteiger partial charge >= 0.3 is 23.1 Å². The fourth-order valence-corrected chi connectivity index (χ4v) is 0.844. The Morgan fingerprint density at radius 1 is 1.30 bits per heavy atom. The number of halogens is 1. The van der Waals surface area contributed by atoms with Gasteiger partial charge in [-0.3, -0.25) is 0 Å². The molecule has 0 N–H and O–H groups in total. The number of hydrogen-bond acceptors (Lipinski definition) is 1. The molecule has 1 nitrogen and oxygen atoms in total. The van der Waals surface area contributed by atoms with Crippen molar-refractivity contribution in [1.29, 1.82) is 0 Å². The van der Waals surface area contributed by atoms with Crippen molar-refractivity contribution in [3.8, 4) is 5.75 Å². The largest absolute Gasteiger partial charge is 2.00 e. The van der Waals surface area contributed by atoms with Gasteiger partial charge in [-0.2, -0.15) is 0 Å². The van der Waals surface area contributed by atoms with E-state index >= 15 is 0 Å². The number of rotatable bonds is 2. The van der Waals surface area contributed by atoms with Gasteiger partial charge in [-0.05, 0) is 28.1 Å². The molecule has 1 aromatic carbocycles. The molecule has 52 valence electrons. The molecule has 0 radical (unpaired) electrons. The summed E-state index contributed by atoms with van der Waals surface area (Å²) >= 11 is 3.16. The van der Waals surface area contributed by atoms with Crippen molar-refractivity contribution >= 4 is 39.0 Å². The zero-order valence-corrected chi connectivity index (χ0v) is 8.59. The van der Waals surface area contributed by atoms with Gasteiger partial charge in [-0.1, -0.05) is 18.2 Å². The van der Waals surface area contributed by atoms with Crippen LogP contribution >= 0.6 is 15.9 Å². The number of para-hydroxylation sites is 1. The maximum Gasteiger partial charge on any atom is 2.00 e. The Morgan fingerprint density at radius 3 is 2.40 bits per heavy atom. The first kappa shape index (κ1) is 10.3. The van der Waals surface area contributed by atoms with E-state index in [9.17, 15) is 0 Å². The number of alkyl halides is 1. The molecule has 0 aliphatic heterocycles. The molecule has 0 spiro atoms. The Bertz CT molecular complexity index is 174. The molecule has 0 heterocycles. The Kier molecular flexibility index (Phi) is 6.17. The van der Waals surface area contributed by atoms with E-state index < -0.39 is 0 Å². The van der Waals surface area contributed by atoms with Crippen LogP contribution in [-0.4, -0.2) is 28.6 Å². The third-order valence-electron chi connectivity index (χ3n) is 0.964. The average molecular weight is 213 g/mol. The van der Waals surface area contributed by atoms with Crippen molar-refractivity contribution in [3.63, 3.8) is 0 Å². The molecule has 0 aromatic heterocycles. The van der Waals surface area contributed by atoms with E-state index in [1.54, 1.807) is 0 Å². The molecule has 0 atom stereocenters. The van der Waals surface area contributed by atoms with Gasteiger partial charge in [0.15, 0.2) is 0 Å². The Hall–Kier alpha value is 0.266.